The average Bonchev–Trinajstić information content (AvgIpc) is 3.94. The molecule has 2 fully saturated rings. The van der Waals surface area contributed by atoms with Crippen molar-refractivity contribution in [3.63, 3.8) is 0 Å². The number of rotatable bonds is 8. The highest BCUT2D eigenvalue weighted by molar-refractivity contribution is 5.83. The van der Waals surface area contributed by atoms with E-state index in [9.17, 15) is 18.4 Å². The van der Waals surface area contributed by atoms with E-state index in [1.54, 1.807) is 24.3 Å². The van der Waals surface area contributed by atoms with Gasteiger partial charge >= 0.3 is 0 Å². The van der Waals surface area contributed by atoms with Gasteiger partial charge in [0.2, 0.25) is 11.8 Å². The van der Waals surface area contributed by atoms with Crippen LogP contribution in [0.25, 0.3) is 22.5 Å². The third-order valence-electron chi connectivity index (χ3n) is 7.67. The SMILES string of the molecule is CCNC(=O)[C@@H]1C[C@H]1c1ccc(-c2ccc(F)cc2)nc1.CCNC(=O)[C@H]1C[C@@H]1c1ccc(-c2ccc(F)cc2)nc1. The Morgan fingerprint density at radius 1 is 0.643 bits per heavy atom. The molecule has 2 saturated carbocycles. The minimum Gasteiger partial charge on any atom is -0.356 e. The second-order valence-corrected chi connectivity index (χ2v) is 10.7. The summed E-state index contributed by atoms with van der Waals surface area (Å²) in [6.07, 6.45) is 5.43. The summed E-state index contributed by atoms with van der Waals surface area (Å²) in [5.41, 5.74) is 5.59. The van der Waals surface area contributed by atoms with Crippen molar-refractivity contribution in [1.29, 1.82) is 0 Å². The molecular weight excluding hydrogens is 534 g/mol. The number of halogens is 2. The molecule has 0 aliphatic heterocycles. The Bertz CT molecular complexity index is 1390. The van der Waals surface area contributed by atoms with Crippen molar-refractivity contribution in [1.82, 2.24) is 20.6 Å². The van der Waals surface area contributed by atoms with Crippen LogP contribution in [0.5, 0.6) is 0 Å². The summed E-state index contributed by atoms with van der Waals surface area (Å²) in [5.74, 6) is 0.496. The number of amides is 2. The van der Waals surface area contributed by atoms with E-state index in [-0.39, 0.29) is 47.1 Å². The first kappa shape index (κ1) is 29.0. The Morgan fingerprint density at radius 2 is 1.02 bits per heavy atom. The van der Waals surface area contributed by atoms with Crippen molar-refractivity contribution in [2.45, 2.75) is 38.5 Å². The minimum atomic E-state index is -0.252. The molecule has 4 aromatic rings. The van der Waals surface area contributed by atoms with Crippen LogP contribution in [-0.4, -0.2) is 34.9 Å². The van der Waals surface area contributed by atoms with Crippen molar-refractivity contribution in [3.05, 3.63) is 108 Å². The average molecular weight is 569 g/mol. The van der Waals surface area contributed by atoms with E-state index in [0.29, 0.717) is 13.1 Å². The second-order valence-electron chi connectivity index (χ2n) is 10.7. The van der Waals surface area contributed by atoms with Gasteiger partial charge in [-0.05, 0) is 110 Å². The molecule has 4 atom stereocenters. The molecule has 42 heavy (non-hydrogen) atoms. The number of nitrogens with one attached hydrogen (secondary N) is 2. The van der Waals surface area contributed by atoms with Gasteiger partial charge in [-0.25, -0.2) is 8.78 Å². The molecule has 2 aromatic carbocycles. The number of benzene rings is 2. The molecule has 216 valence electrons. The van der Waals surface area contributed by atoms with Crippen molar-refractivity contribution >= 4 is 11.8 Å². The van der Waals surface area contributed by atoms with Crippen molar-refractivity contribution in [2.75, 3.05) is 13.1 Å². The molecule has 0 spiro atoms. The van der Waals surface area contributed by atoms with Crippen LogP contribution in [0.4, 0.5) is 8.78 Å². The Kier molecular flexibility index (Phi) is 9.00. The molecule has 2 heterocycles. The summed E-state index contributed by atoms with van der Waals surface area (Å²) in [4.78, 5) is 32.3. The Hall–Kier alpha value is -4.46. The molecule has 6 nitrogen and oxygen atoms in total. The maximum Gasteiger partial charge on any atom is 0.223 e. The predicted octanol–water partition coefficient (Wildman–Crippen LogP) is 6.25. The molecule has 2 amide bonds. The third-order valence-corrected chi connectivity index (χ3v) is 7.67. The minimum absolute atomic E-state index is 0.0865. The number of pyridine rings is 2. The van der Waals surface area contributed by atoms with Gasteiger partial charge in [0.15, 0.2) is 0 Å². The molecule has 2 aliphatic carbocycles. The van der Waals surface area contributed by atoms with E-state index < -0.39 is 0 Å². The largest absolute Gasteiger partial charge is 0.356 e. The van der Waals surface area contributed by atoms with E-state index in [1.165, 1.54) is 24.3 Å². The predicted molar refractivity (Wildman–Crippen MR) is 158 cm³/mol. The van der Waals surface area contributed by atoms with Gasteiger partial charge in [0.25, 0.3) is 0 Å². The summed E-state index contributed by atoms with van der Waals surface area (Å²) < 4.78 is 25.8. The van der Waals surface area contributed by atoms with Gasteiger partial charge in [0.1, 0.15) is 11.6 Å². The van der Waals surface area contributed by atoms with Crippen molar-refractivity contribution in [3.8, 4) is 22.5 Å². The van der Waals surface area contributed by atoms with Gasteiger partial charge < -0.3 is 10.6 Å². The first-order valence-corrected chi connectivity index (χ1v) is 14.4. The molecule has 8 heteroatoms. The summed E-state index contributed by atoms with van der Waals surface area (Å²) in [5, 5.41) is 5.71. The molecule has 2 aliphatic rings. The van der Waals surface area contributed by atoms with Crippen LogP contribution in [0.15, 0.2) is 85.2 Å². The lowest BCUT2D eigenvalue weighted by atomic mass is 10.1. The van der Waals surface area contributed by atoms with Gasteiger partial charge in [-0.3, -0.25) is 19.6 Å². The fourth-order valence-electron chi connectivity index (χ4n) is 5.15. The Balaban J connectivity index is 0.000000168. The zero-order chi connectivity index (χ0) is 29.6. The molecule has 2 N–H and O–H groups in total. The Morgan fingerprint density at radius 3 is 1.33 bits per heavy atom. The standard InChI is InChI=1S/2C17H17FN2O/c2*1-2-19-17(21)15-9-14(15)12-5-8-16(20-10-12)11-3-6-13(18)7-4-11/h2*3-8,10,14-15H,2,9H2,1H3,(H,19,21)/t2*14-,15+/m10/s1. The van der Waals surface area contributed by atoms with E-state index in [1.807, 2.05) is 50.5 Å². The molecule has 2 aromatic heterocycles. The van der Waals surface area contributed by atoms with Crippen LogP contribution in [-0.2, 0) is 9.59 Å². The van der Waals surface area contributed by atoms with Gasteiger partial charge in [0, 0.05) is 48.4 Å². The topological polar surface area (TPSA) is 84.0 Å². The van der Waals surface area contributed by atoms with Crippen LogP contribution in [0.1, 0.15) is 49.7 Å². The van der Waals surface area contributed by atoms with Gasteiger partial charge in [0.05, 0.1) is 11.4 Å². The lowest BCUT2D eigenvalue weighted by molar-refractivity contribution is -0.123. The Labute approximate surface area is 244 Å². The fourth-order valence-corrected chi connectivity index (χ4v) is 5.15. The summed E-state index contributed by atoms with van der Waals surface area (Å²) in [7, 11) is 0. The first-order chi connectivity index (χ1) is 20.4. The van der Waals surface area contributed by atoms with Gasteiger partial charge in [-0.1, -0.05) is 12.1 Å². The lowest BCUT2D eigenvalue weighted by Crippen LogP contribution is -2.24. The smallest absolute Gasteiger partial charge is 0.223 e. The maximum absolute atomic E-state index is 12.9. The highest BCUT2D eigenvalue weighted by Gasteiger charge is 2.44. The van der Waals surface area contributed by atoms with E-state index in [4.69, 9.17) is 0 Å². The van der Waals surface area contributed by atoms with Crippen molar-refractivity contribution in [2.24, 2.45) is 11.8 Å². The molecule has 6 rings (SSSR count). The fraction of sp³-hybridized carbons (Fsp3) is 0.294. The quantitative estimate of drug-likeness (QED) is 0.263. The third kappa shape index (κ3) is 7.05. The molecule has 0 bridgehead atoms. The van der Waals surface area contributed by atoms with Crippen LogP contribution >= 0.6 is 0 Å². The number of carbonyl (C=O) groups excluding carboxylic acids is 2. The molecule has 0 radical (unpaired) electrons. The zero-order valence-corrected chi connectivity index (χ0v) is 23.7. The van der Waals surface area contributed by atoms with Crippen molar-refractivity contribution < 1.29 is 18.4 Å². The summed E-state index contributed by atoms with van der Waals surface area (Å²) in [6, 6.07) is 20.4. The van der Waals surface area contributed by atoms with E-state index in [2.05, 4.69) is 20.6 Å². The van der Waals surface area contributed by atoms with Crippen LogP contribution in [0.3, 0.4) is 0 Å². The van der Waals surface area contributed by atoms with Crippen LogP contribution in [0.2, 0.25) is 0 Å². The summed E-state index contributed by atoms with van der Waals surface area (Å²) >= 11 is 0. The van der Waals surface area contributed by atoms with E-state index in [0.717, 1.165) is 46.5 Å². The molecular formula is C34H34F2N4O2. The highest BCUT2D eigenvalue weighted by Crippen LogP contribution is 2.48. The highest BCUT2D eigenvalue weighted by atomic mass is 19.1. The number of carbonyl (C=O) groups is 2. The number of hydrogen-bond donors (Lipinski definition) is 2. The molecule has 0 saturated heterocycles. The van der Waals surface area contributed by atoms with E-state index >= 15 is 0 Å². The number of aromatic nitrogens is 2. The van der Waals surface area contributed by atoms with Crippen LogP contribution < -0.4 is 10.6 Å². The van der Waals surface area contributed by atoms with Gasteiger partial charge in [-0.15, -0.1) is 0 Å². The van der Waals surface area contributed by atoms with Gasteiger partial charge in [-0.2, -0.15) is 0 Å². The normalized spacial score (nSPS) is 20.1. The second kappa shape index (κ2) is 13.0. The maximum atomic E-state index is 12.9. The lowest BCUT2D eigenvalue weighted by Gasteiger charge is -2.04. The zero-order valence-electron chi connectivity index (χ0n) is 23.7. The molecule has 0 unspecified atom stereocenters. The van der Waals surface area contributed by atoms with Crippen LogP contribution in [0, 0.1) is 23.5 Å². The first-order valence-electron chi connectivity index (χ1n) is 14.4. The monoisotopic (exact) mass is 568 g/mol. The number of nitrogens with zero attached hydrogens (tertiary/aromatic N) is 2. The number of hydrogen-bond acceptors (Lipinski definition) is 4. The summed E-state index contributed by atoms with van der Waals surface area (Å²) in [6.45, 7) is 5.19.